The third-order valence-electron chi connectivity index (χ3n) is 7.03. The summed E-state index contributed by atoms with van der Waals surface area (Å²) in [6, 6.07) is 4.47. The van der Waals surface area contributed by atoms with Crippen LogP contribution in [-0.2, 0) is 4.79 Å². The standard InChI is InChI=1S/C27H24ClF2N7O3S/c1-36(2)11-12-10-33-16(38)5-6-37-7-8-39-23-19-22(34-27(40-12)35-26(19)37)21(30)18(20(23)28)13-3-4-15(29)24-17(13)14(9-31)25(32)41-24/h3-4,12H,5-8,10-11,32H2,1-2H3,(H,33,38). The van der Waals surface area contributed by atoms with Gasteiger partial charge in [0.2, 0.25) is 5.91 Å². The fraction of sp³-hybridized carbons (Fsp3) is 0.333. The number of halogens is 3. The number of anilines is 2. The minimum absolute atomic E-state index is 0.0301. The van der Waals surface area contributed by atoms with Gasteiger partial charge in [-0.1, -0.05) is 17.7 Å². The molecule has 3 N–H and O–H groups in total. The first-order chi connectivity index (χ1) is 19.7. The van der Waals surface area contributed by atoms with Crippen molar-refractivity contribution in [1.82, 2.24) is 20.2 Å². The Kier molecular flexibility index (Phi) is 6.93. The van der Waals surface area contributed by atoms with Crippen LogP contribution in [0.2, 0.25) is 5.02 Å². The quantitative estimate of drug-likeness (QED) is 0.360. The monoisotopic (exact) mass is 599 g/mol. The number of benzene rings is 2. The van der Waals surface area contributed by atoms with E-state index in [1.165, 1.54) is 12.1 Å². The van der Waals surface area contributed by atoms with E-state index in [2.05, 4.69) is 15.3 Å². The first-order valence-corrected chi connectivity index (χ1v) is 14.0. The summed E-state index contributed by atoms with van der Waals surface area (Å²) in [6.07, 6.45) is -0.353. The number of nitrogen functional groups attached to an aromatic ring is 1. The molecule has 1 unspecified atom stereocenters. The van der Waals surface area contributed by atoms with Gasteiger partial charge < -0.3 is 30.3 Å². The topological polar surface area (TPSA) is 130 Å². The van der Waals surface area contributed by atoms with Gasteiger partial charge in [-0.05, 0) is 25.7 Å². The lowest BCUT2D eigenvalue weighted by atomic mass is 9.96. The van der Waals surface area contributed by atoms with Crippen LogP contribution in [0.1, 0.15) is 12.0 Å². The molecule has 1 atom stereocenters. The molecule has 1 amide bonds. The highest BCUT2D eigenvalue weighted by molar-refractivity contribution is 7.23. The van der Waals surface area contributed by atoms with E-state index >= 15 is 4.39 Å². The van der Waals surface area contributed by atoms with Crippen LogP contribution in [0.3, 0.4) is 0 Å². The van der Waals surface area contributed by atoms with Crippen LogP contribution in [0.5, 0.6) is 11.8 Å². The van der Waals surface area contributed by atoms with Crippen molar-refractivity contribution in [3.05, 3.63) is 34.4 Å². The lowest BCUT2D eigenvalue weighted by molar-refractivity contribution is -0.121. The molecule has 2 bridgehead atoms. The Morgan fingerprint density at radius 2 is 2.10 bits per heavy atom. The van der Waals surface area contributed by atoms with Gasteiger partial charge in [0.15, 0.2) is 11.6 Å². The van der Waals surface area contributed by atoms with Gasteiger partial charge in [-0.25, -0.2) is 8.78 Å². The normalized spacial score (nSPS) is 17.1. The van der Waals surface area contributed by atoms with Crippen LogP contribution in [-0.4, -0.2) is 73.8 Å². The van der Waals surface area contributed by atoms with Gasteiger partial charge in [-0.3, -0.25) is 4.79 Å². The molecule has 0 fully saturated rings. The number of nitrogens with two attached hydrogens (primary N) is 1. The highest BCUT2D eigenvalue weighted by atomic mass is 35.5. The van der Waals surface area contributed by atoms with Gasteiger partial charge >= 0.3 is 6.01 Å². The van der Waals surface area contributed by atoms with E-state index in [1.807, 2.05) is 30.0 Å². The van der Waals surface area contributed by atoms with Crippen molar-refractivity contribution < 1.29 is 23.0 Å². The highest BCUT2D eigenvalue weighted by Gasteiger charge is 2.32. The van der Waals surface area contributed by atoms with Gasteiger partial charge in [0.05, 0.1) is 33.8 Å². The molecular weight excluding hydrogens is 576 g/mol. The predicted octanol–water partition coefficient (Wildman–Crippen LogP) is 3.92. The van der Waals surface area contributed by atoms with Gasteiger partial charge in [-0.15, -0.1) is 11.3 Å². The number of nitrogens with zero attached hydrogens (tertiary/aromatic N) is 5. The number of fused-ring (bicyclic) bond motifs is 2. The van der Waals surface area contributed by atoms with Crippen LogP contribution >= 0.6 is 22.9 Å². The number of rotatable bonds is 3. The molecule has 14 heteroatoms. The van der Waals surface area contributed by atoms with Gasteiger partial charge in [0, 0.05) is 30.5 Å². The number of carbonyl (C=O) groups excluding carboxylic acids is 1. The van der Waals surface area contributed by atoms with E-state index in [0.29, 0.717) is 18.9 Å². The summed E-state index contributed by atoms with van der Waals surface area (Å²) in [7, 11) is 3.72. The molecule has 6 rings (SSSR count). The van der Waals surface area contributed by atoms with Crippen molar-refractivity contribution in [3.63, 3.8) is 0 Å². The molecule has 0 aliphatic carbocycles. The summed E-state index contributed by atoms with van der Waals surface area (Å²) < 4.78 is 43.8. The number of thiophene rings is 1. The second-order valence-corrected chi connectivity index (χ2v) is 11.5. The number of ether oxygens (including phenoxy) is 2. The molecular formula is C27H24ClF2N7O3S. The first-order valence-electron chi connectivity index (χ1n) is 12.8. The maximum absolute atomic E-state index is 16.8. The Bertz CT molecular complexity index is 1770. The van der Waals surface area contributed by atoms with Crippen LogP contribution in [0.4, 0.5) is 19.6 Å². The summed E-state index contributed by atoms with van der Waals surface area (Å²) in [5.74, 6) is -1.10. The average molecular weight is 600 g/mol. The van der Waals surface area contributed by atoms with Gasteiger partial charge in [-0.2, -0.15) is 15.2 Å². The summed E-state index contributed by atoms with van der Waals surface area (Å²) >= 11 is 7.77. The number of hydrogen-bond donors (Lipinski definition) is 2. The van der Waals surface area contributed by atoms with E-state index in [0.717, 1.165) is 11.3 Å². The van der Waals surface area contributed by atoms with Crippen LogP contribution in [0.15, 0.2) is 12.1 Å². The van der Waals surface area contributed by atoms with Crippen molar-refractivity contribution in [2.45, 2.75) is 12.5 Å². The summed E-state index contributed by atoms with van der Waals surface area (Å²) in [5.41, 5.74) is 6.01. The second kappa shape index (κ2) is 10.4. The fourth-order valence-corrected chi connectivity index (χ4v) is 6.51. The zero-order valence-electron chi connectivity index (χ0n) is 22.1. The average Bonchev–Trinajstić information content (AvgIpc) is 3.15. The highest BCUT2D eigenvalue weighted by Crippen LogP contribution is 2.50. The van der Waals surface area contributed by atoms with E-state index in [-0.39, 0.29) is 91.5 Å². The smallest absolute Gasteiger partial charge is 0.319 e. The molecule has 0 radical (unpaired) electrons. The third-order valence-corrected chi connectivity index (χ3v) is 8.41. The Morgan fingerprint density at radius 1 is 1.29 bits per heavy atom. The molecule has 212 valence electrons. The molecule has 0 saturated heterocycles. The zero-order chi connectivity index (χ0) is 29.0. The number of hydrogen-bond acceptors (Lipinski definition) is 10. The SMILES string of the molecule is CN(C)CC1CNC(=O)CCN2CCOc3c(Cl)c(-c4ccc(F)c5sc(N)c(C#N)c45)c(F)c4nc(nc2c34)O1. The van der Waals surface area contributed by atoms with E-state index in [4.69, 9.17) is 26.8 Å². The molecule has 10 nitrogen and oxygen atoms in total. The zero-order valence-corrected chi connectivity index (χ0v) is 23.6. The first kappa shape index (κ1) is 27.2. The molecule has 2 aliphatic rings. The van der Waals surface area contributed by atoms with Crippen molar-refractivity contribution >= 4 is 60.7 Å². The predicted molar refractivity (Wildman–Crippen MR) is 153 cm³/mol. The largest absolute Gasteiger partial charge is 0.489 e. The van der Waals surface area contributed by atoms with Crippen molar-refractivity contribution in [2.75, 3.05) is 57.5 Å². The molecule has 2 aromatic heterocycles. The lowest BCUT2D eigenvalue weighted by Gasteiger charge is -2.23. The van der Waals surface area contributed by atoms with Crippen LogP contribution < -0.4 is 25.4 Å². The number of carbonyl (C=O) groups is 1. The van der Waals surface area contributed by atoms with Gasteiger partial charge in [0.1, 0.15) is 40.9 Å². The minimum atomic E-state index is -0.817. The molecule has 0 saturated carbocycles. The van der Waals surface area contributed by atoms with Crippen molar-refractivity contribution in [1.29, 1.82) is 5.26 Å². The minimum Gasteiger partial charge on any atom is -0.489 e. The molecule has 2 aromatic carbocycles. The number of nitrogens with one attached hydrogen (secondary N) is 1. The number of likely N-dealkylation sites (N-methyl/N-ethyl adjacent to an activating group) is 1. The van der Waals surface area contributed by atoms with E-state index in [1.54, 1.807) is 0 Å². The van der Waals surface area contributed by atoms with Crippen LogP contribution in [0, 0.1) is 23.0 Å². The Morgan fingerprint density at radius 3 is 2.85 bits per heavy atom. The maximum Gasteiger partial charge on any atom is 0.319 e. The number of amides is 1. The molecule has 4 heterocycles. The lowest BCUT2D eigenvalue weighted by Crippen LogP contribution is -2.41. The summed E-state index contributed by atoms with van der Waals surface area (Å²) in [4.78, 5) is 25.4. The molecule has 2 aliphatic heterocycles. The second-order valence-electron chi connectivity index (χ2n) is 10.0. The number of nitriles is 1. The Hall–Kier alpha value is -3.99. The molecule has 4 aromatic rings. The van der Waals surface area contributed by atoms with Crippen LogP contribution in [0.25, 0.3) is 32.1 Å². The maximum atomic E-state index is 16.8. The summed E-state index contributed by atoms with van der Waals surface area (Å²) in [6.45, 7) is 1.43. The van der Waals surface area contributed by atoms with Crippen molar-refractivity contribution in [2.24, 2.45) is 0 Å². The fourth-order valence-electron chi connectivity index (χ4n) is 5.23. The van der Waals surface area contributed by atoms with Gasteiger partial charge in [0.25, 0.3) is 0 Å². The molecule has 0 spiro atoms. The Labute approximate surface area is 242 Å². The Balaban J connectivity index is 1.66. The number of aromatic nitrogens is 2. The molecule has 41 heavy (non-hydrogen) atoms. The van der Waals surface area contributed by atoms with Crippen molar-refractivity contribution in [3.8, 4) is 29.0 Å². The third kappa shape index (κ3) is 4.61. The van der Waals surface area contributed by atoms with E-state index in [9.17, 15) is 14.4 Å². The summed E-state index contributed by atoms with van der Waals surface area (Å²) in [5, 5.41) is 13.1. The van der Waals surface area contributed by atoms with E-state index < -0.39 is 17.7 Å².